The average Bonchev–Trinajstić information content (AvgIpc) is 4.02. The van der Waals surface area contributed by atoms with Gasteiger partial charge in [-0.25, -0.2) is 18.1 Å². The molecule has 3 N–H and O–H groups in total. The Morgan fingerprint density at radius 3 is 2.45 bits per heavy atom. The fraction of sp³-hybridized carbons (Fsp3) is 0.360. The smallest absolute Gasteiger partial charge is 0.293 e. The second-order valence-electron chi connectivity index (χ2n) is 17.3. The van der Waals surface area contributed by atoms with Crippen molar-refractivity contribution in [2.75, 3.05) is 56.2 Å². The van der Waals surface area contributed by atoms with Gasteiger partial charge in [-0.15, -0.1) is 0 Å². The molecule has 0 spiro atoms. The van der Waals surface area contributed by atoms with E-state index in [4.69, 9.17) is 9.47 Å². The van der Waals surface area contributed by atoms with Crippen molar-refractivity contribution in [3.63, 3.8) is 0 Å². The Morgan fingerprint density at radius 1 is 0.908 bits per heavy atom. The normalized spacial score (nSPS) is 17.6. The summed E-state index contributed by atoms with van der Waals surface area (Å²) < 4.78 is 41.3. The van der Waals surface area contributed by atoms with E-state index in [0.717, 1.165) is 73.6 Å². The molecule has 2 aromatic heterocycles. The standard InChI is InChI=1S/C50H55N7O7S/c1-2-23-55-25-18-36(19-26-55)42-6-3-4-7-43(42)46-8-5-24-56(46)39-12-9-35(10-13-39)37-11-15-44(48(30-37)64-40-29-38-17-22-51-49(38)53-33-40)50(58)54-65(61,62)41-14-16-45(47(31-41)57(59)60)52-32-34-20-27-63-28-21-34/h3-4,6-7,9-17,22,29-31,33-34,36,46,52H,2,5,8,18-21,23-28,32H2,1H3,(H,51,53)(H,54,58)/t46-/m1/s1. The van der Waals surface area contributed by atoms with Crippen LogP contribution < -0.4 is 19.7 Å². The predicted octanol–water partition coefficient (Wildman–Crippen LogP) is 9.82. The van der Waals surface area contributed by atoms with Gasteiger partial charge in [0, 0.05) is 49.6 Å². The summed E-state index contributed by atoms with van der Waals surface area (Å²) in [5.74, 6) is 0.316. The third-order valence-corrected chi connectivity index (χ3v) is 14.5. The number of sulfonamides is 1. The number of carbonyl (C=O) groups is 1. The third kappa shape index (κ3) is 9.87. The first-order valence-corrected chi connectivity index (χ1v) is 24.2. The molecule has 0 bridgehead atoms. The maximum Gasteiger partial charge on any atom is 0.293 e. The van der Waals surface area contributed by atoms with Crippen LogP contribution in [0.15, 0.2) is 114 Å². The van der Waals surface area contributed by atoms with E-state index in [1.54, 1.807) is 24.4 Å². The summed E-state index contributed by atoms with van der Waals surface area (Å²) in [7, 11) is -4.57. The van der Waals surface area contributed by atoms with Crippen LogP contribution in [0.2, 0.25) is 0 Å². The molecule has 0 saturated carbocycles. The minimum atomic E-state index is -4.57. The number of nitrogens with one attached hydrogen (secondary N) is 3. The Labute approximate surface area is 379 Å². The minimum Gasteiger partial charge on any atom is -0.455 e. The number of aromatic amines is 1. The highest BCUT2D eigenvalue weighted by atomic mass is 32.2. The number of likely N-dealkylation sites (tertiary alicyclic amines) is 1. The van der Waals surface area contributed by atoms with Gasteiger partial charge in [0.2, 0.25) is 0 Å². The Hall–Kier alpha value is -6.29. The van der Waals surface area contributed by atoms with Crippen molar-refractivity contribution in [3.8, 4) is 22.6 Å². The van der Waals surface area contributed by atoms with E-state index in [0.29, 0.717) is 37.1 Å². The summed E-state index contributed by atoms with van der Waals surface area (Å²) in [5, 5.41) is 16.0. The molecule has 3 saturated heterocycles. The zero-order valence-corrected chi connectivity index (χ0v) is 37.4. The quantitative estimate of drug-likeness (QED) is 0.0662. The summed E-state index contributed by atoms with van der Waals surface area (Å²) in [6, 6.07) is 29.9. The maximum atomic E-state index is 14.0. The number of nitro benzene ring substituents is 1. The SMILES string of the molecule is CCCN1CCC(c2ccccc2[C@H]2CCCN2c2ccc(-c3ccc(C(=O)NS(=O)(=O)c4ccc(NCC5CCOCC5)c([N+](=O)[O-])c4)c(Oc4cnc5[nH]ccc5c4)c3)cc2)CC1. The Balaban J connectivity index is 0.960. The van der Waals surface area contributed by atoms with E-state index in [-0.39, 0.29) is 29.0 Å². The number of hydrogen-bond acceptors (Lipinski definition) is 11. The number of H-pyrrole nitrogens is 1. The minimum absolute atomic E-state index is 0.0537. The Bertz CT molecular complexity index is 2760. The van der Waals surface area contributed by atoms with E-state index < -0.39 is 31.4 Å². The van der Waals surface area contributed by atoms with Gasteiger partial charge in [-0.05, 0) is 147 Å². The van der Waals surface area contributed by atoms with E-state index in [9.17, 15) is 23.3 Å². The summed E-state index contributed by atoms with van der Waals surface area (Å²) >= 11 is 0. The highest BCUT2D eigenvalue weighted by Crippen LogP contribution is 2.42. The van der Waals surface area contributed by atoms with Crippen LogP contribution in [-0.2, 0) is 14.8 Å². The third-order valence-electron chi connectivity index (χ3n) is 13.2. The molecular weight excluding hydrogens is 843 g/mol. The molecule has 1 atom stereocenters. The van der Waals surface area contributed by atoms with Gasteiger partial charge >= 0.3 is 0 Å². The lowest BCUT2D eigenvalue weighted by atomic mass is 9.84. The number of aromatic nitrogens is 2. The van der Waals surface area contributed by atoms with Gasteiger partial charge in [0.15, 0.2) is 0 Å². The van der Waals surface area contributed by atoms with Gasteiger partial charge in [0.1, 0.15) is 22.8 Å². The summed E-state index contributed by atoms with van der Waals surface area (Å²) in [6.07, 6.45) is 10.7. The molecule has 0 radical (unpaired) electrons. The molecule has 4 aromatic carbocycles. The van der Waals surface area contributed by atoms with Gasteiger partial charge in [-0.3, -0.25) is 14.9 Å². The number of pyridine rings is 1. The number of carbonyl (C=O) groups excluding carboxylic acids is 1. The highest BCUT2D eigenvalue weighted by molar-refractivity contribution is 7.90. The van der Waals surface area contributed by atoms with Crippen molar-refractivity contribution >= 4 is 44.0 Å². The van der Waals surface area contributed by atoms with Crippen molar-refractivity contribution in [2.45, 2.75) is 68.7 Å². The number of hydrogen-bond donors (Lipinski definition) is 3. The van der Waals surface area contributed by atoms with Crippen molar-refractivity contribution in [3.05, 3.63) is 136 Å². The average molecular weight is 898 g/mol. The molecule has 9 rings (SSSR count). The molecule has 3 aliphatic rings. The zero-order valence-electron chi connectivity index (χ0n) is 36.6. The van der Waals surface area contributed by atoms with Crippen LogP contribution >= 0.6 is 0 Å². The number of fused-ring (bicyclic) bond motifs is 1. The fourth-order valence-electron chi connectivity index (χ4n) is 9.71. The van der Waals surface area contributed by atoms with Crippen LogP contribution in [0.3, 0.4) is 0 Å². The maximum absolute atomic E-state index is 14.0. The molecule has 3 aliphatic heterocycles. The Kier molecular flexibility index (Phi) is 13.1. The van der Waals surface area contributed by atoms with Gasteiger partial charge in [-0.2, -0.15) is 0 Å². The number of nitrogens with zero attached hydrogens (tertiary/aromatic N) is 4. The zero-order chi connectivity index (χ0) is 44.9. The van der Waals surface area contributed by atoms with E-state index in [1.807, 2.05) is 6.07 Å². The topological polar surface area (TPSA) is 172 Å². The van der Waals surface area contributed by atoms with Crippen molar-refractivity contribution < 1.29 is 27.6 Å². The molecule has 6 aromatic rings. The molecule has 0 aliphatic carbocycles. The van der Waals surface area contributed by atoms with Crippen LogP contribution in [0, 0.1) is 16.0 Å². The van der Waals surface area contributed by atoms with Crippen LogP contribution in [0.4, 0.5) is 17.1 Å². The molecule has 338 valence electrons. The van der Waals surface area contributed by atoms with Gasteiger partial charge < -0.3 is 29.6 Å². The molecular formula is C50H55N7O7S. The van der Waals surface area contributed by atoms with Crippen LogP contribution in [-0.4, -0.2) is 80.1 Å². The fourth-order valence-corrected chi connectivity index (χ4v) is 10.7. The number of amides is 1. The number of piperidine rings is 1. The first kappa shape index (κ1) is 43.9. The molecule has 15 heteroatoms. The first-order valence-electron chi connectivity index (χ1n) is 22.7. The number of nitro groups is 1. The number of rotatable bonds is 15. The van der Waals surface area contributed by atoms with Gasteiger partial charge in [-0.1, -0.05) is 49.4 Å². The summed E-state index contributed by atoms with van der Waals surface area (Å²) in [6.45, 7) is 8.41. The van der Waals surface area contributed by atoms with E-state index >= 15 is 0 Å². The van der Waals surface area contributed by atoms with Crippen LogP contribution in [0.25, 0.3) is 22.2 Å². The summed E-state index contributed by atoms with van der Waals surface area (Å²) in [4.78, 5) is 37.6. The molecule has 14 nitrogen and oxygen atoms in total. The van der Waals surface area contributed by atoms with E-state index in [1.165, 1.54) is 61.3 Å². The lowest BCUT2D eigenvalue weighted by Crippen LogP contribution is -2.34. The summed E-state index contributed by atoms with van der Waals surface area (Å²) in [5.41, 5.74) is 6.07. The van der Waals surface area contributed by atoms with Gasteiger partial charge in [0.05, 0.1) is 27.6 Å². The molecule has 65 heavy (non-hydrogen) atoms. The molecule has 3 fully saturated rings. The van der Waals surface area contributed by atoms with Gasteiger partial charge in [0.25, 0.3) is 21.6 Å². The van der Waals surface area contributed by atoms with E-state index in [2.05, 4.69) is 85.3 Å². The molecule has 0 unspecified atom stereocenters. The Morgan fingerprint density at radius 2 is 1.68 bits per heavy atom. The van der Waals surface area contributed by atoms with Crippen molar-refractivity contribution in [1.29, 1.82) is 0 Å². The highest BCUT2D eigenvalue weighted by Gasteiger charge is 2.31. The number of benzene rings is 4. The lowest BCUT2D eigenvalue weighted by Gasteiger charge is -2.35. The number of anilines is 2. The second-order valence-corrected chi connectivity index (χ2v) is 19.0. The molecule has 5 heterocycles. The number of ether oxygens (including phenoxy) is 2. The predicted molar refractivity (Wildman–Crippen MR) is 252 cm³/mol. The monoisotopic (exact) mass is 897 g/mol. The largest absolute Gasteiger partial charge is 0.455 e. The van der Waals surface area contributed by atoms with Crippen molar-refractivity contribution in [2.24, 2.45) is 5.92 Å². The van der Waals surface area contributed by atoms with Crippen LogP contribution in [0.5, 0.6) is 11.5 Å². The first-order chi connectivity index (χ1) is 31.6. The molecule has 1 amide bonds. The van der Waals surface area contributed by atoms with Crippen molar-refractivity contribution in [1.82, 2.24) is 19.6 Å². The lowest BCUT2D eigenvalue weighted by molar-refractivity contribution is -0.384. The van der Waals surface area contributed by atoms with Crippen LogP contribution in [0.1, 0.15) is 85.3 Å². The second kappa shape index (κ2) is 19.4.